The second-order valence-corrected chi connectivity index (χ2v) is 13.7. The summed E-state index contributed by atoms with van der Waals surface area (Å²) < 4.78 is 54.6. The molecule has 1 N–H and O–H groups in total. The van der Waals surface area contributed by atoms with Crippen LogP contribution in [0.4, 0.5) is 5.69 Å². The third kappa shape index (κ3) is 5.20. The maximum absolute atomic E-state index is 13.6. The molecule has 0 saturated carbocycles. The SMILES string of the molecule is COc1cc(N(S(C)(=O)=O)S(C)(=O)=O)c(Cl)cc1C(=O)NC12CCCC(CC1)N2Cc1ccccc1. The van der Waals surface area contributed by atoms with Gasteiger partial charge in [-0.1, -0.05) is 41.9 Å². The van der Waals surface area contributed by atoms with E-state index < -0.39 is 31.6 Å². The number of ether oxygens (including phenoxy) is 1. The number of sulfonamides is 2. The lowest BCUT2D eigenvalue weighted by atomic mass is 9.95. The molecule has 2 unspecified atom stereocenters. The van der Waals surface area contributed by atoms with Crippen LogP contribution in [0.2, 0.25) is 5.02 Å². The number of halogens is 1. The largest absolute Gasteiger partial charge is 0.496 e. The van der Waals surface area contributed by atoms with Crippen LogP contribution < -0.4 is 13.8 Å². The van der Waals surface area contributed by atoms with Crippen molar-refractivity contribution in [1.29, 1.82) is 0 Å². The molecule has 1 amide bonds. The summed E-state index contributed by atoms with van der Waals surface area (Å²) in [6, 6.07) is 12.9. The Bertz CT molecular complexity index is 1330. The van der Waals surface area contributed by atoms with Crippen molar-refractivity contribution in [3.05, 3.63) is 58.6 Å². The van der Waals surface area contributed by atoms with Gasteiger partial charge in [0.1, 0.15) is 5.75 Å². The predicted molar refractivity (Wildman–Crippen MR) is 139 cm³/mol. The summed E-state index contributed by atoms with van der Waals surface area (Å²) in [5, 5.41) is 3.01. The maximum atomic E-state index is 13.6. The molecule has 196 valence electrons. The Morgan fingerprint density at radius 3 is 2.39 bits per heavy atom. The Labute approximate surface area is 217 Å². The van der Waals surface area contributed by atoms with Crippen LogP contribution in [-0.4, -0.2) is 59.0 Å². The van der Waals surface area contributed by atoms with Crippen molar-refractivity contribution in [1.82, 2.24) is 10.2 Å². The topological polar surface area (TPSA) is 113 Å². The van der Waals surface area contributed by atoms with Crippen molar-refractivity contribution in [3.63, 3.8) is 0 Å². The molecule has 9 nitrogen and oxygen atoms in total. The summed E-state index contributed by atoms with van der Waals surface area (Å²) in [6.45, 7) is 0.709. The van der Waals surface area contributed by atoms with Crippen molar-refractivity contribution < 1.29 is 26.4 Å². The minimum atomic E-state index is -4.23. The predicted octanol–water partition coefficient (Wildman–Crippen LogP) is 3.35. The minimum Gasteiger partial charge on any atom is -0.496 e. The smallest absolute Gasteiger partial charge is 0.256 e. The Balaban J connectivity index is 1.68. The van der Waals surface area contributed by atoms with E-state index in [-0.39, 0.29) is 25.7 Å². The average molecular weight is 556 g/mol. The van der Waals surface area contributed by atoms with Gasteiger partial charge in [-0.2, -0.15) is 3.71 Å². The number of rotatable bonds is 8. The normalized spacial score (nSPS) is 22.3. The van der Waals surface area contributed by atoms with Gasteiger partial charge in [0.05, 0.1) is 41.6 Å². The lowest BCUT2D eigenvalue weighted by Gasteiger charge is -2.45. The van der Waals surface area contributed by atoms with Crippen LogP contribution in [0, 0.1) is 0 Å². The summed E-state index contributed by atoms with van der Waals surface area (Å²) in [7, 11) is -7.13. The summed E-state index contributed by atoms with van der Waals surface area (Å²) >= 11 is 6.35. The zero-order valence-electron chi connectivity index (χ0n) is 20.4. The lowest BCUT2D eigenvalue weighted by Crippen LogP contribution is -2.60. The van der Waals surface area contributed by atoms with Gasteiger partial charge in [0.2, 0.25) is 20.0 Å². The molecule has 2 aromatic rings. The molecule has 2 bridgehead atoms. The Kier molecular flexibility index (Phi) is 7.31. The quantitative estimate of drug-likeness (QED) is 0.531. The van der Waals surface area contributed by atoms with Crippen LogP contribution in [-0.2, 0) is 26.6 Å². The zero-order chi connectivity index (χ0) is 26.3. The minimum absolute atomic E-state index is 0.0144. The number of hydrogen-bond donors (Lipinski definition) is 1. The van der Waals surface area contributed by atoms with Gasteiger partial charge in [-0.25, -0.2) is 16.8 Å². The molecule has 0 aromatic heterocycles. The first-order chi connectivity index (χ1) is 16.9. The zero-order valence-corrected chi connectivity index (χ0v) is 22.8. The van der Waals surface area contributed by atoms with Crippen LogP contribution >= 0.6 is 11.6 Å². The number of methoxy groups -OCH3 is 1. The highest BCUT2D eigenvalue weighted by atomic mass is 35.5. The molecular formula is C24H30ClN3O6S2. The number of amides is 1. The molecule has 36 heavy (non-hydrogen) atoms. The van der Waals surface area contributed by atoms with E-state index in [4.69, 9.17) is 16.3 Å². The van der Waals surface area contributed by atoms with E-state index in [9.17, 15) is 21.6 Å². The molecule has 0 radical (unpaired) electrons. The fraction of sp³-hybridized carbons (Fsp3) is 0.458. The van der Waals surface area contributed by atoms with E-state index in [2.05, 4.69) is 22.3 Å². The van der Waals surface area contributed by atoms with Gasteiger partial charge >= 0.3 is 0 Å². The number of benzene rings is 2. The molecule has 0 spiro atoms. The number of hydrogen-bond acceptors (Lipinski definition) is 7. The van der Waals surface area contributed by atoms with Gasteiger partial charge in [-0.15, -0.1) is 0 Å². The number of nitrogens with zero attached hydrogens (tertiary/aromatic N) is 2. The number of nitrogens with one attached hydrogen (secondary N) is 1. The second-order valence-electron chi connectivity index (χ2n) is 9.41. The molecule has 2 fully saturated rings. The summed E-state index contributed by atoms with van der Waals surface area (Å²) in [5.74, 6) is -0.410. The molecular weight excluding hydrogens is 526 g/mol. The molecule has 2 saturated heterocycles. The third-order valence-electron chi connectivity index (χ3n) is 6.86. The first kappa shape index (κ1) is 26.7. The highest BCUT2D eigenvalue weighted by molar-refractivity contribution is 8.09. The number of fused-ring (bicyclic) bond motifs is 2. The van der Waals surface area contributed by atoms with Gasteiger partial charge in [0.25, 0.3) is 5.91 Å². The van der Waals surface area contributed by atoms with Crippen molar-refractivity contribution in [2.24, 2.45) is 0 Å². The van der Waals surface area contributed by atoms with Crippen molar-refractivity contribution >= 4 is 43.2 Å². The van der Waals surface area contributed by atoms with Gasteiger partial charge in [-0.05, 0) is 43.7 Å². The van der Waals surface area contributed by atoms with Crippen LogP contribution in [0.3, 0.4) is 0 Å². The number of piperidine rings is 1. The number of anilines is 1. The summed E-state index contributed by atoms with van der Waals surface area (Å²) in [6.07, 6.45) is 6.16. The lowest BCUT2D eigenvalue weighted by molar-refractivity contribution is 0.0184. The maximum Gasteiger partial charge on any atom is 0.256 e. The van der Waals surface area contributed by atoms with Crippen LogP contribution in [0.1, 0.15) is 48.0 Å². The van der Waals surface area contributed by atoms with Crippen molar-refractivity contribution in [2.45, 2.75) is 50.4 Å². The van der Waals surface area contributed by atoms with E-state index in [1.807, 2.05) is 18.2 Å². The molecule has 2 aliphatic rings. The van der Waals surface area contributed by atoms with Gasteiger partial charge in [0, 0.05) is 18.7 Å². The fourth-order valence-electron chi connectivity index (χ4n) is 5.42. The van der Waals surface area contributed by atoms with E-state index >= 15 is 0 Å². The van der Waals surface area contributed by atoms with E-state index in [0.717, 1.165) is 56.2 Å². The first-order valence-electron chi connectivity index (χ1n) is 11.6. The Hall–Kier alpha value is -2.34. The van der Waals surface area contributed by atoms with Crippen molar-refractivity contribution in [3.8, 4) is 5.75 Å². The first-order valence-corrected chi connectivity index (χ1v) is 15.6. The number of carbonyl (C=O) groups is 1. The summed E-state index contributed by atoms with van der Waals surface area (Å²) in [4.78, 5) is 15.9. The Morgan fingerprint density at radius 1 is 1.11 bits per heavy atom. The van der Waals surface area contributed by atoms with Crippen LogP contribution in [0.15, 0.2) is 42.5 Å². The number of carbonyl (C=O) groups excluding carboxylic acids is 1. The van der Waals surface area contributed by atoms with Gasteiger partial charge in [-0.3, -0.25) is 9.69 Å². The highest BCUT2D eigenvalue weighted by Crippen LogP contribution is 2.44. The van der Waals surface area contributed by atoms with Crippen LogP contribution in [0.25, 0.3) is 0 Å². The fourth-order valence-corrected chi connectivity index (χ4v) is 8.75. The molecule has 0 aliphatic carbocycles. The monoisotopic (exact) mass is 555 g/mol. The standard InChI is InChI=1S/C24H30ClN3O6S2/c1-34-22-15-21(28(35(2,30)31)36(3,32)33)20(25)14-19(22)23(29)26-24-12-7-10-18(11-13-24)27(24)16-17-8-5-4-6-9-17/h4-6,8-9,14-15,18H,7,10-13,16H2,1-3H3,(H,26,29). The van der Waals surface area contributed by atoms with Gasteiger partial charge in [0.15, 0.2) is 0 Å². The van der Waals surface area contributed by atoms with E-state index in [1.165, 1.54) is 13.2 Å². The average Bonchev–Trinajstić information content (AvgIpc) is 2.97. The van der Waals surface area contributed by atoms with Crippen molar-refractivity contribution in [2.75, 3.05) is 23.3 Å². The molecule has 2 aliphatic heterocycles. The molecule has 2 atom stereocenters. The molecule has 12 heteroatoms. The van der Waals surface area contributed by atoms with Crippen LogP contribution in [0.5, 0.6) is 5.75 Å². The third-order valence-corrected chi connectivity index (χ3v) is 10.4. The molecule has 4 rings (SSSR count). The molecule has 2 aromatic carbocycles. The summed E-state index contributed by atoms with van der Waals surface area (Å²) in [5.41, 5.74) is 0.419. The van der Waals surface area contributed by atoms with E-state index in [1.54, 1.807) is 0 Å². The second kappa shape index (κ2) is 9.85. The molecule has 2 heterocycles. The Morgan fingerprint density at radius 2 is 1.78 bits per heavy atom. The highest BCUT2D eigenvalue weighted by Gasteiger charge is 2.49. The van der Waals surface area contributed by atoms with E-state index in [0.29, 0.717) is 12.6 Å². The van der Waals surface area contributed by atoms with Gasteiger partial charge < -0.3 is 10.1 Å².